The van der Waals surface area contributed by atoms with Gasteiger partial charge in [0.25, 0.3) is 5.91 Å². The summed E-state index contributed by atoms with van der Waals surface area (Å²) in [6, 6.07) is 14.1. The monoisotopic (exact) mass is 511 g/mol. The molecule has 0 saturated heterocycles. The number of hydrogen-bond donors (Lipinski definition) is 2. The van der Waals surface area contributed by atoms with Crippen LogP contribution in [0.3, 0.4) is 0 Å². The molecule has 180 valence electrons. The molecule has 3 aromatic rings. The van der Waals surface area contributed by atoms with Crippen molar-refractivity contribution in [2.45, 2.75) is 42.8 Å². The van der Waals surface area contributed by atoms with E-state index in [2.05, 4.69) is 5.32 Å². The van der Waals surface area contributed by atoms with Crippen molar-refractivity contribution in [2.75, 3.05) is 0 Å². The molecule has 34 heavy (non-hydrogen) atoms. The first-order valence-corrected chi connectivity index (χ1v) is 11.4. The van der Waals surface area contributed by atoms with Gasteiger partial charge in [-0.3, -0.25) is 4.79 Å². The number of fused-ring (bicyclic) bond motifs is 1. The predicted octanol–water partition coefficient (Wildman–Crippen LogP) is 6.67. The third-order valence-electron chi connectivity index (χ3n) is 5.30. The number of thioether (sulfide) groups is 1. The Balaban J connectivity index is 1.95. The van der Waals surface area contributed by atoms with Gasteiger partial charge in [0.15, 0.2) is 0 Å². The van der Waals surface area contributed by atoms with Gasteiger partial charge < -0.3 is 15.2 Å². The lowest BCUT2D eigenvalue weighted by molar-refractivity contribution is -0.143. The molecule has 3 rings (SSSR count). The minimum atomic E-state index is -4.38. The van der Waals surface area contributed by atoms with Crippen LogP contribution in [0.1, 0.15) is 36.2 Å². The molecule has 5 nitrogen and oxygen atoms in total. The van der Waals surface area contributed by atoms with Crippen LogP contribution in [-0.2, 0) is 11.4 Å². The molecule has 0 aromatic heterocycles. The summed E-state index contributed by atoms with van der Waals surface area (Å²) in [6.07, 6.45) is 0.147. The normalized spacial score (nSPS) is 13.4. The standard InChI is InChI=1S/C24H21ClF3NO4S/c1-3-23(2,22(31)32)29-21(30)18-12-19(25)16-6-4-5-7-17(16)20(18)33-13-14-8-10-15(11-9-14)34-24(26,27)28/h4-12H,3,13H2,1-2H3,(H,29,30)(H,31,32). The number of carboxylic acid groups (broad SMARTS) is 1. The largest absolute Gasteiger partial charge is 0.487 e. The highest BCUT2D eigenvalue weighted by Gasteiger charge is 2.34. The van der Waals surface area contributed by atoms with Crippen molar-refractivity contribution >= 4 is 46.0 Å². The van der Waals surface area contributed by atoms with Gasteiger partial charge in [0.1, 0.15) is 17.9 Å². The summed E-state index contributed by atoms with van der Waals surface area (Å²) in [5, 5.41) is 13.5. The van der Waals surface area contributed by atoms with Gasteiger partial charge >= 0.3 is 11.5 Å². The molecule has 0 heterocycles. The molecule has 0 spiro atoms. The van der Waals surface area contributed by atoms with E-state index in [4.69, 9.17) is 16.3 Å². The Morgan fingerprint density at radius 1 is 1.09 bits per heavy atom. The Morgan fingerprint density at radius 2 is 1.71 bits per heavy atom. The second kappa shape index (κ2) is 10.1. The zero-order valence-corrected chi connectivity index (χ0v) is 19.8. The van der Waals surface area contributed by atoms with E-state index in [0.717, 1.165) is 0 Å². The maximum atomic E-state index is 13.1. The van der Waals surface area contributed by atoms with E-state index >= 15 is 0 Å². The van der Waals surface area contributed by atoms with Gasteiger partial charge in [-0.1, -0.05) is 54.9 Å². The van der Waals surface area contributed by atoms with Gasteiger partial charge in [0.2, 0.25) is 0 Å². The van der Waals surface area contributed by atoms with Crippen molar-refractivity contribution in [1.82, 2.24) is 5.32 Å². The van der Waals surface area contributed by atoms with E-state index in [1.54, 1.807) is 31.2 Å². The Labute approximate surface area is 203 Å². The molecule has 1 unspecified atom stereocenters. The number of halogens is 4. The molecule has 3 aromatic carbocycles. The molecular weight excluding hydrogens is 491 g/mol. The highest BCUT2D eigenvalue weighted by molar-refractivity contribution is 8.00. The molecule has 1 atom stereocenters. The van der Waals surface area contributed by atoms with Gasteiger partial charge in [0, 0.05) is 20.7 Å². The van der Waals surface area contributed by atoms with Crippen molar-refractivity contribution in [3.8, 4) is 5.75 Å². The van der Waals surface area contributed by atoms with Gasteiger partial charge in [-0.15, -0.1) is 0 Å². The van der Waals surface area contributed by atoms with Gasteiger partial charge in [-0.05, 0) is 48.9 Å². The van der Waals surface area contributed by atoms with Crippen LogP contribution < -0.4 is 10.1 Å². The molecule has 2 N–H and O–H groups in total. The van der Waals surface area contributed by atoms with Crippen LogP contribution in [0, 0.1) is 0 Å². The molecule has 10 heteroatoms. The van der Waals surface area contributed by atoms with Crippen molar-refractivity contribution < 1.29 is 32.6 Å². The smallest absolute Gasteiger partial charge is 0.446 e. The highest BCUT2D eigenvalue weighted by Crippen LogP contribution is 2.38. The van der Waals surface area contributed by atoms with Crippen LogP contribution in [0.5, 0.6) is 5.75 Å². The van der Waals surface area contributed by atoms with Gasteiger partial charge in [-0.25, -0.2) is 4.79 Å². The maximum Gasteiger partial charge on any atom is 0.446 e. The van der Waals surface area contributed by atoms with Crippen molar-refractivity contribution in [3.05, 3.63) is 70.7 Å². The van der Waals surface area contributed by atoms with Crippen LogP contribution >= 0.6 is 23.4 Å². The molecule has 0 saturated carbocycles. The maximum absolute atomic E-state index is 13.1. The first-order chi connectivity index (χ1) is 15.9. The number of hydrogen-bond acceptors (Lipinski definition) is 4. The number of benzene rings is 3. The molecule has 0 radical (unpaired) electrons. The zero-order chi connectivity index (χ0) is 25.1. The number of carbonyl (C=O) groups is 2. The number of nitrogens with one attached hydrogen (secondary N) is 1. The number of alkyl halides is 3. The van der Waals surface area contributed by atoms with E-state index < -0.39 is 22.9 Å². The lowest BCUT2D eigenvalue weighted by Crippen LogP contribution is -2.51. The number of rotatable bonds is 8. The summed E-state index contributed by atoms with van der Waals surface area (Å²) >= 11 is 6.17. The van der Waals surface area contributed by atoms with E-state index in [0.29, 0.717) is 16.3 Å². The van der Waals surface area contributed by atoms with Crippen molar-refractivity contribution in [2.24, 2.45) is 0 Å². The molecule has 0 bridgehead atoms. The fraction of sp³-hybridized carbons (Fsp3) is 0.250. The number of aliphatic carboxylic acids is 1. The molecule has 0 aliphatic carbocycles. The quantitative estimate of drug-likeness (QED) is 0.330. The Morgan fingerprint density at radius 3 is 2.26 bits per heavy atom. The lowest BCUT2D eigenvalue weighted by Gasteiger charge is -2.25. The number of carbonyl (C=O) groups excluding carboxylic acids is 1. The summed E-state index contributed by atoms with van der Waals surface area (Å²) in [4.78, 5) is 24.8. The minimum Gasteiger partial charge on any atom is -0.487 e. The predicted molar refractivity (Wildman–Crippen MR) is 125 cm³/mol. The summed E-state index contributed by atoms with van der Waals surface area (Å²) in [6.45, 7) is 3.00. The summed E-state index contributed by atoms with van der Waals surface area (Å²) in [7, 11) is 0. The molecule has 1 amide bonds. The minimum absolute atomic E-state index is 0.0349. The number of carboxylic acids is 1. The zero-order valence-electron chi connectivity index (χ0n) is 18.2. The Hall–Kier alpha value is -2.91. The van der Waals surface area contributed by atoms with E-state index in [1.807, 2.05) is 0 Å². The average molecular weight is 512 g/mol. The number of amides is 1. The third kappa shape index (κ3) is 5.95. The van der Waals surface area contributed by atoms with Gasteiger partial charge in [0.05, 0.1) is 5.56 Å². The van der Waals surface area contributed by atoms with Crippen LogP contribution in [0.4, 0.5) is 13.2 Å². The first kappa shape index (κ1) is 25.7. The van der Waals surface area contributed by atoms with Gasteiger partial charge in [-0.2, -0.15) is 13.2 Å². The van der Waals surface area contributed by atoms with E-state index in [-0.39, 0.29) is 46.0 Å². The second-order valence-electron chi connectivity index (χ2n) is 7.71. The fourth-order valence-electron chi connectivity index (χ4n) is 3.18. The van der Waals surface area contributed by atoms with E-state index in [1.165, 1.54) is 37.3 Å². The van der Waals surface area contributed by atoms with Crippen molar-refractivity contribution in [3.63, 3.8) is 0 Å². The molecule has 0 aliphatic heterocycles. The average Bonchev–Trinajstić information content (AvgIpc) is 2.78. The topological polar surface area (TPSA) is 75.6 Å². The lowest BCUT2D eigenvalue weighted by atomic mass is 9.97. The summed E-state index contributed by atoms with van der Waals surface area (Å²) in [5.41, 5.74) is -5.25. The SMILES string of the molecule is CCC(C)(NC(=O)c1cc(Cl)c2ccccc2c1OCc1ccc(SC(F)(F)F)cc1)C(=O)O. The van der Waals surface area contributed by atoms with Crippen LogP contribution in [0.2, 0.25) is 5.02 Å². The van der Waals surface area contributed by atoms with Crippen molar-refractivity contribution in [1.29, 1.82) is 0 Å². The molecule has 0 aliphatic rings. The van der Waals surface area contributed by atoms with Crippen LogP contribution in [-0.4, -0.2) is 28.0 Å². The van der Waals surface area contributed by atoms with E-state index in [9.17, 15) is 27.9 Å². The Kier molecular flexibility index (Phi) is 7.67. The third-order valence-corrected chi connectivity index (χ3v) is 6.35. The van der Waals surface area contributed by atoms with Crippen LogP contribution in [0.15, 0.2) is 59.5 Å². The Bertz CT molecular complexity index is 1220. The molecule has 0 fully saturated rings. The second-order valence-corrected chi connectivity index (χ2v) is 9.25. The summed E-state index contributed by atoms with van der Waals surface area (Å²) in [5.74, 6) is -1.67. The van der Waals surface area contributed by atoms with Crippen LogP contribution in [0.25, 0.3) is 10.8 Å². The highest BCUT2D eigenvalue weighted by atomic mass is 35.5. The molecular formula is C24H21ClF3NO4S. The summed E-state index contributed by atoms with van der Waals surface area (Å²) < 4.78 is 43.6. The fourth-order valence-corrected chi connectivity index (χ4v) is 4.00. The number of ether oxygens (including phenoxy) is 1. The first-order valence-electron chi connectivity index (χ1n) is 10.2.